The Balaban J connectivity index is 1.61. The molecule has 5 rings (SSSR count). The number of methoxy groups -OCH3 is 2. The van der Waals surface area contributed by atoms with Crippen molar-refractivity contribution in [1.82, 2.24) is 14.4 Å². The summed E-state index contributed by atoms with van der Waals surface area (Å²) in [5.74, 6) is 3.56. The molecule has 2 aromatic carbocycles. The third-order valence-electron chi connectivity index (χ3n) is 4.89. The molecule has 0 spiro atoms. The van der Waals surface area contributed by atoms with Gasteiger partial charge in [-0.25, -0.2) is 4.98 Å². The van der Waals surface area contributed by atoms with Crippen molar-refractivity contribution in [3.05, 3.63) is 55.0 Å². The first-order chi connectivity index (χ1) is 14.8. The van der Waals surface area contributed by atoms with E-state index in [0.29, 0.717) is 24.7 Å². The number of aromatic nitrogens is 3. The topological polar surface area (TPSA) is 79.1 Å². The Kier molecular flexibility index (Phi) is 4.51. The van der Waals surface area contributed by atoms with E-state index in [0.717, 1.165) is 39.9 Å². The van der Waals surface area contributed by atoms with E-state index in [1.165, 1.54) is 0 Å². The van der Waals surface area contributed by atoms with E-state index in [1.54, 1.807) is 26.6 Å². The Bertz CT molecular complexity index is 1220. The number of hydrogen-bond donors (Lipinski definition) is 1. The van der Waals surface area contributed by atoms with E-state index < -0.39 is 0 Å². The standard InChI is InChI=1S/C22H20N4O4/c1-27-16-5-3-14(11-18(16)28-2)21-22(26-8-7-23-13-20(26)25-21)24-15-4-6-17-19(12-15)30-10-9-29-17/h3-8,11-13,24H,9-10H2,1-2H3. The Labute approximate surface area is 173 Å². The number of anilines is 2. The molecule has 30 heavy (non-hydrogen) atoms. The van der Waals surface area contributed by atoms with Gasteiger partial charge in [0.2, 0.25) is 0 Å². The van der Waals surface area contributed by atoms with Crippen molar-refractivity contribution in [3.8, 4) is 34.3 Å². The first-order valence-electron chi connectivity index (χ1n) is 9.48. The fourth-order valence-electron chi connectivity index (χ4n) is 3.47. The second-order valence-electron chi connectivity index (χ2n) is 6.67. The first-order valence-corrected chi connectivity index (χ1v) is 9.48. The van der Waals surface area contributed by atoms with Crippen LogP contribution in [0.5, 0.6) is 23.0 Å². The summed E-state index contributed by atoms with van der Waals surface area (Å²) in [6.45, 7) is 1.10. The maximum atomic E-state index is 5.71. The predicted molar refractivity (Wildman–Crippen MR) is 112 cm³/mol. The second kappa shape index (κ2) is 7.47. The quantitative estimate of drug-likeness (QED) is 0.540. The minimum atomic E-state index is 0.536. The van der Waals surface area contributed by atoms with Gasteiger partial charge in [0.05, 0.1) is 20.4 Å². The van der Waals surface area contributed by atoms with Crippen molar-refractivity contribution in [3.63, 3.8) is 0 Å². The van der Waals surface area contributed by atoms with Crippen molar-refractivity contribution < 1.29 is 18.9 Å². The van der Waals surface area contributed by atoms with Crippen LogP contribution in [0.4, 0.5) is 11.5 Å². The molecule has 0 atom stereocenters. The van der Waals surface area contributed by atoms with Crippen molar-refractivity contribution in [2.45, 2.75) is 0 Å². The highest BCUT2D eigenvalue weighted by Crippen LogP contribution is 2.38. The van der Waals surface area contributed by atoms with Crippen LogP contribution in [0, 0.1) is 0 Å². The fourth-order valence-corrected chi connectivity index (χ4v) is 3.47. The van der Waals surface area contributed by atoms with Gasteiger partial charge in [0.15, 0.2) is 28.6 Å². The molecular weight excluding hydrogens is 384 g/mol. The minimum absolute atomic E-state index is 0.536. The van der Waals surface area contributed by atoms with Gasteiger partial charge in [-0.1, -0.05) is 0 Å². The summed E-state index contributed by atoms with van der Waals surface area (Å²) in [5.41, 5.74) is 3.23. The van der Waals surface area contributed by atoms with Gasteiger partial charge in [-0.15, -0.1) is 0 Å². The molecule has 1 aliphatic heterocycles. The van der Waals surface area contributed by atoms with Crippen LogP contribution >= 0.6 is 0 Å². The number of fused-ring (bicyclic) bond motifs is 2. The zero-order valence-electron chi connectivity index (χ0n) is 16.6. The number of ether oxygens (including phenoxy) is 4. The van der Waals surface area contributed by atoms with E-state index in [-0.39, 0.29) is 0 Å². The molecule has 8 nitrogen and oxygen atoms in total. The predicted octanol–water partition coefficient (Wildman–Crippen LogP) is 3.93. The van der Waals surface area contributed by atoms with Crippen LogP contribution < -0.4 is 24.3 Å². The van der Waals surface area contributed by atoms with Gasteiger partial charge in [0.25, 0.3) is 0 Å². The van der Waals surface area contributed by atoms with Crippen LogP contribution in [0.1, 0.15) is 0 Å². The van der Waals surface area contributed by atoms with Crippen LogP contribution in [-0.4, -0.2) is 41.8 Å². The molecule has 0 fully saturated rings. The molecule has 0 unspecified atom stereocenters. The molecule has 8 heteroatoms. The summed E-state index contributed by atoms with van der Waals surface area (Å²) >= 11 is 0. The monoisotopic (exact) mass is 404 g/mol. The SMILES string of the molecule is COc1ccc(-c2nc3cnccn3c2Nc2ccc3c(c2)OCCO3)cc1OC. The highest BCUT2D eigenvalue weighted by Gasteiger charge is 2.18. The molecule has 0 aliphatic carbocycles. The van der Waals surface area contributed by atoms with Gasteiger partial charge >= 0.3 is 0 Å². The van der Waals surface area contributed by atoms with E-state index >= 15 is 0 Å². The van der Waals surface area contributed by atoms with Crippen LogP contribution in [0.15, 0.2) is 55.0 Å². The Hall–Kier alpha value is -3.94. The molecule has 0 amide bonds. The molecule has 0 radical (unpaired) electrons. The van der Waals surface area contributed by atoms with Crippen LogP contribution in [-0.2, 0) is 0 Å². The lowest BCUT2D eigenvalue weighted by atomic mass is 10.1. The summed E-state index contributed by atoms with van der Waals surface area (Å²) in [6.07, 6.45) is 5.31. The molecule has 2 aromatic heterocycles. The fraction of sp³-hybridized carbons (Fsp3) is 0.182. The summed E-state index contributed by atoms with van der Waals surface area (Å²) in [4.78, 5) is 8.98. The van der Waals surface area contributed by atoms with Crippen LogP contribution in [0.2, 0.25) is 0 Å². The van der Waals surface area contributed by atoms with E-state index in [9.17, 15) is 0 Å². The number of benzene rings is 2. The highest BCUT2D eigenvalue weighted by molar-refractivity contribution is 5.81. The number of imidazole rings is 1. The van der Waals surface area contributed by atoms with Crippen LogP contribution in [0.25, 0.3) is 16.9 Å². The smallest absolute Gasteiger partial charge is 0.163 e. The highest BCUT2D eigenvalue weighted by atomic mass is 16.6. The van der Waals surface area contributed by atoms with Gasteiger partial charge in [-0.05, 0) is 30.3 Å². The third-order valence-corrected chi connectivity index (χ3v) is 4.89. The normalized spacial score (nSPS) is 12.6. The van der Waals surface area contributed by atoms with Gasteiger partial charge in [0, 0.05) is 29.7 Å². The first kappa shape index (κ1) is 18.1. The summed E-state index contributed by atoms with van der Waals surface area (Å²) in [7, 11) is 3.23. The van der Waals surface area contributed by atoms with Gasteiger partial charge in [-0.3, -0.25) is 9.38 Å². The molecular formula is C22H20N4O4. The average Bonchev–Trinajstić information content (AvgIpc) is 3.17. The Morgan fingerprint density at radius 1 is 0.967 bits per heavy atom. The molecule has 0 saturated heterocycles. The van der Waals surface area contributed by atoms with Gasteiger partial charge in [-0.2, -0.15) is 0 Å². The number of nitrogens with one attached hydrogen (secondary N) is 1. The lowest BCUT2D eigenvalue weighted by Crippen LogP contribution is -2.15. The molecule has 3 heterocycles. The largest absolute Gasteiger partial charge is 0.493 e. The minimum Gasteiger partial charge on any atom is -0.493 e. The number of hydrogen-bond acceptors (Lipinski definition) is 7. The van der Waals surface area contributed by atoms with Crippen molar-refractivity contribution in [1.29, 1.82) is 0 Å². The Morgan fingerprint density at radius 2 is 1.80 bits per heavy atom. The Morgan fingerprint density at radius 3 is 2.63 bits per heavy atom. The van der Waals surface area contributed by atoms with Gasteiger partial charge in [0.1, 0.15) is 24.7 Å². The summed E-state index contributed by atoms with van der Waals surface area (Å²) in [6, 6.07) is 11.5. The third kappa shape index (κ3) is 3.12. The maximum absolute atomic E-state index is 5.71. The molecule has 152 valence electrons. The lowest BCUT2D eigenvalue weighted by Gasteiger charge is -2.19. The molecule has 4 aromatic rings. The zero-order valence-corrected chi connectivity index (χ0v) is 16.6. The van der Waals surface area contributed by atoms with E-state index in [1.807, 2.05) is 47.0 Å². The summed E-state index contributed by atoms with van der Waals surface area (Å²) in [5, 5.41) is 3.48. The number of nitrogens with zero attached hydrogens (tertiary/aromatic N) is 3. The second-order valence-corrected chi connectivity index (χ2v) is 6.67. The lowest BCUT2D eigenvalue weighted by molar-refractivity contribution is 0.171. The van der Waals surface area contributed by atoms with Crippen molar-refractivity contribution >= 4 is 17.2 Å². The molecule has 1 aliphatic rings. The molecule has 1 N–H and O–H groups in total. The average molecular weight is 404 g/mol. The molecule has 0 saturated carbocycles. The summed E-state index contributed by atoms with van der Waals surface area (Å²) < 4.78 is 24.1. The van der Waals surface area contributed by atoms with Gasteiger partial charge < -0.3 is 24.3 Å². The number of rotatable bonds is 5. The van der Waals surface area contributed by atoms with Crippen molar-refractivity contribution in [2.24, 2.45) is 0 Å². The van der Waals surface area contributed by atoms with Crippen molar-refractivity contribution in [2.75, 3.05) is 32.8 Å². The van der Waals surface area contributed by atoms with E-state index in [4.69, 9.17) is 23.9 Å². The zero-order chi connectivity index (χ0) is 20.5. The maximum Gasteiger partial charge on any atom is 0.163 e. The molecule has 0 bridgehead atoms. The van der Waals surface area contributed by atoms with Crippen LogP contribution in [0.3, 0.4) is 0 Å². The van der Waals surface area contributed by atoms with E-state index in [2.05, 4.69) is 10.3 Å².